The fourth-order valence-corrected chi connectivity index (χ4v) is 1.53. The summed E-state index contributed by atoms with van der Waals surface area (Å²) in [5, 5.41) is 6.82. The van der Waals surface area contributed by atoms with Gasteiger partial charge >= 0.3 is 0 Å². The van der Waals surface area contributed by atoms with Crippen LogP contribution in [0.3, 0.4) is 0 Å². The molecule has 16 heavy (non-hydrogen) atoms. The molecule has 0 aliphatic carbocycles. The normalized spacial score (nSPS) is 14.9. The highest BCUT2D eigenvalue weighted by molar-refractivity contribution is 7.99. The molecule has 0 saturated heterocycles. The molecule has 4 heteroatoms. The third kappa shape index (κ3) is 7.99. The minimum absolute atomic E-state index is 0.0900. The summed E-state index contributed by atoms with van der Waals surface area (Å²) in [4.78, 5) is 11.6. The van der Waals surface area contributed by atoms with Gasteiger partial charge in [0.2, 0.25) is 5.91 Å². The van der Waals surface area contributed by atoms with E-state index in [4.69, 9.17) is 0 Å². The van der Waals surface area contributed by atoms with Crippen molar-refractivity contribution in [1.29, 1.82) is 0 Å². The fourth-order valence-electron chi connectivity index (χ4n) is 1.17. The molecule has 0 spiro atoms. The Balaban J connectivity index is 3.63. The van der Waals surface area contributed by atoms with Crippen LogP contribution in [0.5, 0.6) is 0 Å². The summed E-state index contributed by atoms with van der Waals surface area (Å²) in [6.45, 7) is 9.97. The smallest absolute Gasteiger partial charge is 0.236 e. The maximum atomic E-state index is 11.6. The van der Waals surface area contributed by atoms with Gasteiger partial charge in [0.25, 0.3) is 0 Å². The van der Waals surface area contributed by atoms with Crippen LogP contribution in [0.1, 0.15) is 34.1 Å². The van der Waals surface area contributed by atoms with Crippen molar-refractivity contribution in [2.75, 3.05) is 19.3 Å². The topological polar surface area (TPSA) is 41.1 Å². The molecule has 0 saturated carbocycles. The van der Waals surface area contributed by atoms with Crippen molar-refractivity contribution in [3.63, 3.8) is 0 Å². The summed E-state index contributed by atoms with van der Waals surface area (Å²) in [5.74, 6) is 0.609. The molecule has 2 atom stereocenters. The fraction of sp³-hybridized carbons (Fsp3) is 0.917. The molecule has 0 aromatic carbocycles. The second kappa shape index (κ2) is 8.88. The molecular weight excluding hydrogens is 220 g/mol. The monoisotopic (exact) mass is 246 g/mol. The minimum Gasteiger partial charge on any atom is -0.354 e. The Hall–Kier alpha value is -0.220. The first-order chi connectivity index (χ1) is 7.47. The number of carbonyl (C=O) groups is 1. The lowest BCUT2D eigenvalue weighted by molar-refractivity contribution is -0.122. The van der Waals surface area contributed by atoms with E-state index in [1.165, 1.54) is 0 Å². The zero-order valence-electron chi connectivity index (χ0n) is 11.2. The van der Waals surface area contributed by atoms with Gasteiger partial charge in [0.15, 0.2) is 0 Å². The molecule has 2 unspecified atom stereocenters. The van der Waals surface area contributed by atoms with Crippen molar-refractivity contribution < 1.29 is 4.79 Å². The molecule has 0 aromatic rings. The van der Waals surface area contributed by atoms with E-state index in [0.717, 1.165) is 19.5 Å². The van der Waals surface area contributed by atoms with Gasteiger partial charge in [-0.1, -0.05) is 20.8 Å². The van der Waals surface area contributed by atoms with Crippen molar-refractivity contribution in [3.8, 4) is 0 Å². The van der Waals surface area contributed by atoms with Crippen LogP contribution < -0.4 is 10.6 Å². The maximum absolute atomic E-state index is 11.6. The zero-order valence-corrected chi connectivity index (χ0v) is 12.0. The van der Waals surface area contributed by atoms with Crippen LogP contribution >= 0.6 is 11.8 Å². The maximum Gasteiger partial charge on any atom is 0.236 e. The number of carbonyl (C=O) groups excluding carboxylic acids is 1. The quantitative estimate of drug-likeness (QED) is 0.687. The molecule has 0 aliphatic heterocycles. The lowest BCUT2D eigenvalue weighted by Gasteiger charge is -2.16. The molecule has 0 radical (unpaired) electrons. The Morgan fingerprint density at radius 3 is 2.38 bits per heavy atom. The van der Waals surface area contributed by atoms with E-state index in [2.05, 4.69) is 37.7 Å². The van der Waals surface area contributed by atoms with Gasteiger partial charge in [-0.05, 0) is 32.1 Å². The molecular formula is C12H26N2OS. The van der Waals surface area contributed by atoms with E-state index >= 15 is 0 Å². The molecule has 0 fully saturated rings. The molecule has 96 valence electrons. The van der Waals surface area contributed by atoms with Crippen molar-refractivity contribution in [2.45, 2.75) is 45.4 Å². The van der Waals surface area contributed by atoms with Gasteiger partial charge < -0.3 is 10.6 Å². The third-order valence-electron chi connectivity index (χ3n) is 2.48. The SMILES string of the molecule is CSC(C)CCNC(C)C(=O)NCC(C)C. The first kappa shape index (κ1) is 15.8. The van der Waals surface area contributed by atoms with Crippen LogP contribution in [-0.4, -0.2) is 36.5 Å². The molecule has 0 rings (SSSR count). The summed E-state index contributed by atoms with van der Waals surface area (Å²) in [6.07, 6.45) is 3.21. The third-order valence-corrected chi connectivity index (χ3v) is 3.52. The van der Waals surface area contributed by atoms with Crippen molar-refractivity contribution >= 4 is 17.7 Å². The lowest BCUT2D eigenvalue weighted by Crippen LogP contribution is -2.43. The van der Waals surface area contributed by atoms with Crippen molar-refractivity contribution in [1.82, 2.24) is 10.6 Å². The van der Waals surface area contributed by atoms with Gasteiger partial charge in [0.1, 0.15) is 0 Å². The summed E-state index contributed by atoms with van der Waals surface area (Å²) in [7, 11) is 0. The Kier molecular flexibility index (Phi) is 8.76. The first-order valence-electron chi connectivity index (χ1n) is 6.01. The highest BCUT2D eigenvalue weighted by Crippen LogP contribution is 2.08. The first-order valence-corrected chi connectivity index (χ1v) is 7.30. The summed E-state index contributed by atoms with van der Waals surface area (Å²) < 4.78 is 0. The number of thioether (sulfide) groups is 1. The highest BCUT2D eigenvalue weighted by Gasteiger charge is 2.11. The minimum atomic E-state index is -0.0900. The average Bonchev–Trinajstić information content (AvgIpc) is 2.25. The number of hydrogen-bond acceptors (Lipinski definition) is 3. The van der Waals surface area contributed by atoms with Crippen LogP contribution in [-0.2, 0) is 4.79 Å². The number of nitrogens with one attached hydrogen (secondary N) is 2. The Bertz CT molecular complexity index is 197. The molecule has 2 N–H and O–H groups in total. The van der Waals surface area contributed by atoms with Gasteiger partial charge in [0, 0.05) is 11.8 Å². The predicted octanol–water partition coefficient (Wildman–Crippen LogP) is 1.88. The Morgan fingerprint density at radius 1 is 1.25 bits per heavy atom. The Morgan fingerprint density at radius 2 is 1.88 bits per heavy atom. The molecule has 3 nitrogen and oxygen atoms in total. The van der Waals surface area contributed by atoms with Gasteiger partial charge in [-0.25, -0.2) is 0 Å². The molecule has 1 amide bonds. The van der Waals surface area contributed by atoms with Crippen LogP contribution in [0.25, 0.3) is 0 Å². The van der Waals surface area contributed by atoms with Gasteiger partial charge in [0.05, 0.1) is 6.04 Å². The van der Waals surface area contributed by atoms with Crippen molar-refractivity contribution in [3.05, 3.63) is 0 Å². The predicted molar refractivity (Wildman–Crippen MR) is 72.9 cm³/mol. The molecule has 0 aromatic heterocycles. The van der Waals surface area contributed by atoms with E-state index < -0.39 is 0 Å². The largest absolute Gasteiger partial charge is 0.354 e. The van der Waals surface area contributed by atoms with E-state index in [-0.39, 0.29) is 11.9 Å². The van der Waals surface area contributed by atoms with Gasteiger partial charge in [-0.15, -0.1) is 0 Å². The van der Waals surface area contributed by atoms with E-state index in [9.17, 15) is 4.79 Å². The van der Waals surface area contributed by atoms with Gasteiger partial charge in [-0.2, -0.15) is 11.8 Å². The van der Waals surface area contributed by atoms with Crippen LogP contribution in [0.4, 0.5) is 0 Å². The zero-order chi connectivity index (χ0) is 12.6. The highest BCUT2D eigenvalue weighted by atomic mass is 32.2. The van der Waals surface area contributed by atoms with Crippen LogP contribution in [0.15, 0.2) is 0 Å². The van der Waals surface area contributed by atoms with Crippen LogP contribution in [0.2, 0.25) is 0 Å². The molecule has 0 heterocycles. The summed E-state index contributed by atoms with van der Waals surface area (Å²) in [6, 6.07) is -0.0900. The van der Waals surface area contributed by atoms with E-state index in [1.807, 2.05) is 18.7 Å². The number of rotatable bonds is 8. The van der Waals surface area contributed by atoms with Crippen molar-refractivity contribution in [2.24, 2.45) is 5.92 Å². The van der Waals surface area contributed by atoms with E-state index in [1.54, 1.807) is 0 Å². The molecule has 0 aliphatic rings. The van der Waals surface area contributed by atoms with Gasteiger partial charge in [-0.3, -0.25) is 4.79 Å². The summed E-state index contributed by atoms with van der Waals surface area (Å²) in [5.41, 5.74) is 0. The summed E-state index contributed by atoms with van der Waals surface area (Å²) >= 11 is 1.86. The average molecular weight is 246 g/mol. The standard InChI is InChI=1S/C12H26N2OS/c1-9(2)8-14-12(15)11(4)13-7-6-10(3)16-5/h9-11,13H,6-8H2,1-5H3,(H,14,15). The number of hydrogen-bond donors (Lipinski definition) is 2. The Labute approximate surface area is 104 Å². The lowest BCUT2D eigenvalue weighted by atomic mass is 10.2. The second-order valence-electron chi connectivity index (χ2n) is 4.65. The van der Waals surface area contributed by atoms with Crippen LogP contribution in [0, 0.1) is 5.92 Å². The van der Waals surface area contributed by atoms with E-state index in [0.29, 0.717) is 11.2 Å². The number of amides is 1. The second-order valence-corrected chi connectivity index (χ2v) is 5.93. The molecule has 0 bridgehead atoms.